The second kappa shape index (κ2) is 8.11. The second-order valence-electron chi connectivity index (χ2n) is 7.42. The number of methoxy groups -OCH3 is 2. The van der Waals surface area contributed by atoms with Crippen molar-refractivity contribution in [2.75, 3.05) is 20.8 Å². The minimum atomic E-state index is 0.216. The van der Waals surface area contributed by atoms with Crippen LogP contribution in [-0.4, -0.2) is 30.2 Å². The number of benzene rings is 2. The maximum Gasteiger partial charge on any atom is 0.165 e. The molecule has 3 aromatic rings. The van der Waals surface area contributed by atoms with Gasteiger partial charge >= 0.3 is 0 Å². The average Bonchev–Trinajstić information content (AvgIpc) is 3.09. The Hall–Kier alpha value is -2.72. The van der Waals surface area contributed by atoms with Gasteiger partial charge in [-0.15, -0.1) is 0 Å². The van der Waals surface area contributed by atoms with E-state index in [2.05, 4.69) is 65.1 Å². The lowest BCUT2D eigenvalue weighted by Gasteiger charge is -2.31. The lowest BCUT2D eigenvalue weighted by Crippen LogP contribution is -2.29. The zero-order valence-corrected chi connectivity index (χ0v) is 16.9. The fourth-order valence-corrected chi connectivity index (χ4v) is 4.33. The van der Waals surface area contributed by atoms with E-state index in [9.17, 15) is 0 Å². The summed E-state index contributed by atoms with van der Waals surface area (Å²) in [6.45, 7) is 5.05. The fraction of sp³-hybridized carbons (Fsp3) is 0.333. The molecule has 4 rings (SSSR count). The first kappa shape index (κ1) is 18.6. The minimum Gasteiger partial charge on any atom is -0.493 e. The van der Waals surface area contributed by atoms with Crippen LogP contribution in [-0.2, 0) is 13.1 Å². The van der Waals surface area contributed by atoms with E-state index < -0.39 is 0 Å². The molecule has 0 unspecified atom stereocenters. The number of ether oxygens (including phenoxy) is 2. The summed E-state index contributed by atoms with van der Waals surface area (Å²) in [5.74, 6) is 1.61. The number of para-hydroxylation sites is 1. The summed E-state index contributed by atoms with van der Waals surface area (Å²) in [6.07, 6.45) is 3.32. The van der Waals surface area contributed by atoms with Crippen molar-refractivity contribution < 1.29 is 9.47 Å². The van der Waals surface area contributed by atoms with Gasteiger partial charge in [-0.2, -0.15) is 0 Å². The van der Waals surface area contributed by atoms with E-state index in [1.807, 2.05) is 12.1 Å². The largest absolute Gasteiger partial charge is 0.493 e. The topological polar surface area (TPSA) is 26.6 Å². The van der Waals surface area contributed by atoms with Gasteiger partial charge in [-0.25, -0.2) is 0 Å². The second-order valence-corrected chi connectivity index (χ2v) is 7.42. The molecule has 0 radical (unpaired) electrons. The third-order valence-electron chi connectivity index (χ3n) is 5.57. The molecule has 0 saturated heterocycles. The Morgan fingerprint density at radius 2 is 1.82 bits per heavy atom. The molecule has 1 aliphatic heterocycles. The van der Waals surface area contributed by atoms with Crippen LogP contribution < -0.4 is 9.47 Å². The van der Waals surface area contributed by atoms with Crippen LogP contribution in [0.3, 0.4) is 0 Å². The third kappa shape index (κ3) is 3.52. The van der Waals surface area contributed by atoms with E-state index in [-0.39, 0.29) is 6.04 Å². The highest BCUT2D eigenvalue weighted by molar-refractivity contribution is 5.47. The first-order chi connectivity index (χ1) is 13.7. The quantitative estimate of drug-likeness (QED) is 0.639. The molecule has 0 fully saturated rings. The van der Waals surface area contributed by atoms with Crippen LogP contribution >= 0.6 is 0 Å². The highest BCUT2D eigenvalue weighted by atomic mass is 16.5. The molecule has 28 heavy (non-hydrogen) atoms. The SMILES string of the molecule is COc1cccc(CN2CCCn3cccc3[C@@H]2c2cccc(C)c2)c1OC. The number of nitrogens with zero attached hydrogens (tertiary/aromatic N) is 2. The summed E-state index contributed by atoms with van der Waals surface area (Å²) in [5, 5.41) is 0. The first-order valence-electron chi connectivity index (χ1n) is 9.87. The van der Waals surface area contributed by atoms with E-state index in [1.54, 1.807) is 14.2 Å². The predicted molar refractivity (Wildman–Crippen MR) is 112 cm³/mol. The molecule has 0 spiro atoms. The summed E-state index contributed by atoms with van der Waals surface area (Å²) in [4.78, 5) is 2.56. The van der Waals surface area contributed by atoms with Crippen LogP contribution in [0.5, 0.6) is 11.5 Å². The van der Waals surface area contributed by atoms with Crippen molar-refractivity contribution in [1.29, 1.82) is 0 Å². The molecule has 1 atom stereocenters. The molecular weight excluding hydrogens is 348 g/mol. The molecule has 2 aromatic carbocycles. The number of hydrogen-bond acceptors (Lipinski definition) is 3. The summed E-state index contributed by atoms with van der Waals surface area (Å²) in [5.41, 5.74) is 5.13. The molecule has 0 aliphatic carbocycles. The Morgan fingerprint density at radius 1 is 0.964 bits per heavy atom. The van der Waals surface area contributed by atoms with Gasteiger partial charge in [0.15, 0.2) is 11.5 Å². The van der Waals surface area contributed by atoms with E-state index in [1.165, 1.54) is 16.8 Å². The van der Waals surface area contributed by atoms with Gasteiger partial charge in [-0.3, -0.25) is 4.90 Å². The maximum atomic E-state index is 5.70. The van der Waals surface area contributed by atoms with E-state index in [4.69, 9.17) is 9.47 Å². The van der Waals surface area contributed by atoms with Gasteiger partial charge in [-0.1, -0.05) is 42.0 Å². The Labute approximate surface area is 167 Å². The van der Waals surface area contributed by atoms with Crippen molar-refractivity contribution in [1.82, 2.24) is 9.47 Å². The molecular formula is C24H28N2O2. The zero-order chi connectivity index (χ0) is 19.5. The lowest BCUT2D eigenvalue weighted by molar-refractivity contribution is 0.216. The van der Waals surface area contributed by atoms with Gasteiger partial charge in [0, 0.05) is 37.1 Å². The van der Waals surface area contributed by atoms with E-state index >= 15 is 0 Å². The fourth-order valence-electron chi connectivity index (χ4n) is 4.33. The molecule has 1 aliphatic rings. The lowest BCUT2D eigenvalue weighted by atomic mass is 9.99. The standard InChI is InChI=1S/C24H28N2O2/c1-18-8-4-9-19(16-18)23-21-11-6-13-25(21)14-7-15-26(23)17-20-10-5-12-22(27-2)24(20)28-3/h4-6,8-13,16,23H,7,14-15,17H2,1-3H3/t23-/m0/s1. The van der Waals surface area contributed by atoms with Crippen molar-refractivity contribution >= 4 is 0 Å². The Bertz CT molecular complexity index is 947. The summed E-state index contributed by atoms with van der Waals surface area (Å²) >= 11 is 0. The summed E-state index contributed by atoms with van der Waals surface area (Å²) in [7, 11) is 3.41. The van der Waals surface area contributed by atoms with Crippen LogP contribution in [0.25, 0.3) is 0 Å². The number of aromatic nitrogens is 1. The number of hydrogen-bond donors (Lipinski definition) is 0. The summed E-state index contributed by atoms with van der Waals surface area (Å²) < 4.78 is 13.6. The van der Waals surface area contributed by atoms with Gasteiger partial charge in [0.05, 0.1) is 20.3 Å². The summed E-state index contributed by atoms with van der Waals surface area (Å²) in [6, 6.07) is 19.6. The van der Waals surface area contributed by atoms with Crippen molar-refractivity contribution in [3.8, 4) is 11.5 Å². The highest BCUT2D eigenvalue weighted by Crippen LogP contribution is 2.37. The van der Waals surface area contributed by atoms with Crippen LogP contribution in [0.2, 0.25) is 0 Å². The Balaban J connectivity index is 1.76. The van der Waals surface area contributed by atoms with Crippen LogP contribution in [0.1, 0.15) is 34.8 Å². The molecule has 0 bridgehead atoms. The average molecular weight is 377 g/mol. The zero-order valence-electron chi connectivity index (χ0n) is 16.9. The molecule has 146 valence electrons. The minimum absolute atomic E-state index is 0.216. The molecule has 4 heteroatoms. The van der Waals surface area contributed by atoms with E-state index in [0.717, 1.165) is 43.1 Å². The smallest absolute Gasteiger partial charge is 0.165 e. The molecule has 4 nitrogen and oxygen atoms in total. The van der Waals surface area contributed by atoms with Gasteiger partial charge in [0.1, 0.15) is 0 Å². The van der Waals surface area contributed by atoms with Crippen molar-refractivity contribution in [3.05, 3.63) is 83.2 Å². The monoisotopic (exact) mass is 376 g/mol. The molecule has 1 aromatic heterocycles. The van der Waals surface area contributed by atoms with Gasteiger partial charge in [-0.05, 0) is 37.1 Å². The number of aryl methyl sites for hydroxylation is 2. The van der Waals surface area contributed by atoms with Gasteiger partial charge < -0.3 is 14.0 Å². The number of fused-ring (bicyclic) bond motifs is 1. The highest BCUT2D eigenvalue weighted by Gasteiger charge is 2.28. The van der Waals surface area contributed by atoms with Gasteiger partial charge in [0.2, 0.25) is 0 Å². The van der Waals surface area contributed by atoms with E-state index in [0.29, 0.717) is 0 Å². The first-order valence-corrected chi connectivity index (χ1v) is 9.87. The van der Waals surface area contributed by atoms with Crippen molar-refractivity contribution in [2.45, 2.75) is 32.5 Å². The Morgan fingerprint density at radius 3 is 2.61 bits per heavy atom. The molecule has 0 N–H and O–H groups in total. The van der Waals surface area contributed by atoms with Crippen LogP contribution in [0.15, 0.2) is 60.8 Å². The van der Waals surface area contributed by atoms with Gasteiger partial charge in [0.25, 0.3) is 0 Å². The van der Waals surface area contributed by atoms with Crippen molar-refractivity contribution in [3.63, 3.8) is 0 Å². The number of rotatable bonds is 5. The normalized spacial score (nSPS) is 17.0. The molecule has 0 amide bonds. The molecule has 0 saturated carbocycles. The predicted octanol–water partition coefficient (Wildman–Crippen LogP) is 4.81. The maximum absolute atomic E-state index is 5.70. The molecule has 2 heterocycles. The third-order valence-corrected chi connectivity index (χ3v) is 5.57. The van der Waals surface area contributed by atoms with Crippen LogP contribution in [0, 0.1) is 6.92 Å². The van der Waals surface area contributed by atoms with Crippen LogP contribution in [0.4, 0.5) is 0 Å². The Kier molecular flexibility index (Phi) is 5.40. The van der Waals surface area contributed by atoms with Crippen molar-refractivity contribution in [2.24, 2.45) is 0 Å².